The van der Waals surface area contributed by atoms with E-state index in [4.69, 9.17) is 0 Å². The zero-order valence-corrected chi connectivity index (χ0v) is 16.5. The van der Waals surface area contributed by atoms with Gasteiger partial charge in [-0.05, 0) is 54.8 Å². The number of azo groups is 1. The quantitative estimate of drug-likeness (QED) is 0.545. The number of hydrogen-bond acceptors (Lipinski definition) is 4. The van der Waals surface area contributed by atoms with Gasteiger partial charge in [-0.2, -0.15) is 5.11 Å². The van der Waals surface area contributed by atoms with Crippen LogP contribution in [0.15, 0.2) is 69.6 Å². The van der Waals surface area contributed by atoms with Crippen molar-refractivity contribution in [3.8, 4) is 0 Å². The van der Waals surface area contributed by atoms with Crippen LogP contribution in [0.4, 0.5) is 13.2 Å². The van der Waals surface area contributed by atoms with E-state index in [9.17, 15) is 18.0 Å². The summed E-state index contributed by atoms with van der Waals surface area (Å²) in [4.78, 5) is 17.1. The second-order valence-electron chi connectivity index (χ2n) is 7.39. The molecule has 1 aliphatic heterocycles. The summed E-state index contributed by atoms with van der Waals surface area (Å²) in [6.07, 6.45) is 5.61. The summed E-state index contributed by atoms with van der Waals surface area (Å²) in [5.41, 5.74) is 0.730. The van der Waals surface area contributed by atoms with Crippen molar-refractivity contribution in [2.75, 3.05) is 0 Å². The largest absolute Gasteiger partial charge is 0.309 e. The summed E-state index contributed by atoms with van der Waals surface area (Å²) in [7, 11) is 0. The van der Waals surface area contributed by atoms with Crippen LogP contribution in [-0.2, 0) is 0 Å². The Hall–Kier alpha value is -3.49. The Kier molecular flexibility index (Phi) is 6.11. The van der Waals surface area contributed by atoms with Gasteiger partial charge in [0.15, 0.2) is 17.5 Å². The van der Waals surface area contributed by atoms with Crippen molar-refractivity contribution in [3.63, 3.8) is 0 Å². The molecule has 2 aromatic carbocycles. The van der Waals surface area contributed by atoms with Crippen LogP contribution in [0.5, 0.6) is 0 Å². The molecule has 1 atom stereocenters. The van der Waals surface area contributed by atoms with Gasteiger partial charge in [-0.1, -0.05) is 25.0 Å². The van der Waals surface area contributed by atoms with Gasteiger partial charge in [0.2, 0.25) is 5.96 Å². The molecular formula is C22H20F3N5O. The lowest BCUT2D eigenvalue weighted by atomic mass is 10.1. The van der Waals surface area contributed by atoms with Gasteiger partial charge in [0.25, 0.3) is 5.91 Å². The molecule has 0 aromatic heterocycles. The number of rotatable bonds is 4. The summed E-state index contributed by atoms with van der Waals surface area (Å²) >= 11 is 0. The van der Waals surface area contributed by atoms with Crippen LogP contribution in [0, 0.1) is 17.5 Å². The molecule has 1 aliphatic carbocycles. The van der Waals surface area contributed by atoms with E-state index >= 15 is 0 Å². The summed E-state index contributed by atoms with van der Waals surface area (Å²) in [6, 6.07) is 8.51. The number of carbonyl (C=O) groups is 1. The van der Waals surface area contributed by atoms with Crippen molar-refractivity contribution in [2.45, 2.75) is 37.8 Å². The molecule has 0 spiro atoms. The Morgan fingerprint density at radius 2 is 1.74 bits per heavy atom. The van der Waals surface area contributed by atoms with Gasteiger partial charge in [-0.25, -0.2) is 18.2 Å². The van der Waals surface area contributed by atoms with E-state index in [1.807, 2.05) is 0 Å². The van der Waals surface area contributed by atoms with Crippen LogP contribution in [0.2, 0.25) is 0 Å². The number of carbonyl (C=O) groups excluding carboxylic acids is 1. The Morgan fingerprint density at radius 3 is 2.45 bits per heavy atom. The van der Waals surface area contributed by atoms with Gasteiger partial charge in [0.1, 0.15) is 11.9 Å². The number of hydrogen-bond donors (Lipinski definition) is 2. The first-order chi connectivity index (χ1) is 15.0. The fraction of sp³-hybridized carbons (Fsp3) is 0.273. The molecule has 1 amide bonds. The predicted molar refractivity (Wildman–Crippen MR) is 109 cm³/mol. The molecule has 1 saturated carbocycles. The molecule has 2 aliphatic rings. The van der Waals surface area contributed by atoms with E-state index in [-0.39, 0.29) is 23.4 Å². The lowest BCUT2D eigenvalue weighted by Crippen LogP contribution is -2.41. The summed E-state index contributed by atoms with van der Waals surface area (Å²) in [5.74, 6) is -2.58. The summed E-state index contributed by atoms with van der Waals surface area (Å²) < 4.78 is 39.8. The Morgan fingerprint density at radius 1 is 1.00 bits per heavy atom. The Labute approximate surface area is 177 Å². The van der Waals surface area contributed by atoms with Gasteiger partial charge >= 0.3 is 0 Å². The first kappa shape index (κ1) is 20.8. The first-order valence-corrected chi connectivity index (χ1v) is 9.97. The first-order valence-electron chi connectivity index (χ1n) is 9.97. The monoisotopic (exact) mass is 427 g/mol. The van der Waals surface area contributed by atoms with E-state index in [0.29, 0.717) is 5.82 Å². The highest BCUT2D eigenvalue weighted by atomic mass is 19.2. The van der Waals surface area contributed by atoms with Crippen molar-refractivity contribution < 1.29 is 18.0 Å². The molecule has 2 N–H and O–H groups in total. The Balaban J connectivity index is 1.51. The van der Waals surface area contributed by atoms with Gasteiger partial charge in [-0.15, -0.1) is 5.11 Å². The number of benzene rings is 2. The number of nitrogens with one attached hydrogen (secondary N) is 2. The van der Waals surface area contributed by atoms with Crippen LogP contribution in [-0.4, -0.2) is 17.9 Å². The number of aliphatic imine (C=N–C) groups is 1. The lowest BCUT2D eigenvalue weighted by molar-refractivity contribution is 0.0975. The average Bonchev–Trinajstić information content (AvgIpc) is 3.43. The molecule has 2 aromatic rings. The topological polar surface area (TPSA) is 78.2 Å². The van der Waals surface area contributed by atoms with E-state index in [2.05, 4.69) is 25.9 Å². The molecule has 160 valence electrons. The molecule has 31 heavy (non-hydrogen) atoms. The van der Waals surface area contributed by atoms with Crippen LogP contribution in [0.25, 0.3) is 0 Å². The third kappa shape index (κ3) is 5.17. The minimum Gasteiger partial charge on any atom is -0.309 e. The van der Waals surface area contributed by atoms with Gasteiger partial charge in [0, 0.05) is 5.56 Å². The average molecular weight is 427 g/mol. The minimum absolute atomic E-state index is 0.0361. The number of nitrogens with zero attached hydrogens (tertiary/aromatic N) is 3. The van der Waals surface area contributed by atoms with Crippen molar-refractivity contribution in [2.24, 2.45) is 15.2 Å². The summed E-state index contributed by atoms with van der Waals surface area (Å²) in [5, 5.41) is 13.8. The smallest absolute Gasteiger partial charge is 0.258 e. The highest BCUT2D eigenvalue weighted by molar-refractivity contribution is 6.06. The van der Waals surface area contributed by atoms with Crippen LogP contribution in [0.1, 0.15) is 47.6 Å². The third-order valence-corrected chi connectivity index (χ3v) is 5.11. The van der Waals surface area contributed by atoms with Gasteiger partial charge in [0.05, 0.1) is 6.04 Å². The summed E-state index contributed by atoms with van der Waals surface area (Å²) in [6.45, 7) is 0. The SMILES string of the molecule is O=C(NC(=NC1CCCC1)NC1=CC(c2ccc(F)cc2)N=N1)c1ccc(F)c(F)c1. The molecule has 4 rings (SSSR count). The third-order valence-electron chi connectivity index (χ3n) is 5.11. The van der Waals surface area contributed by atoms with Gasteiger partial charge < -0.3 is 5.32 Å². The number of guanidine groups is 1. The molecule has 1 unspecified atom stereocenters. The van der Waals surface area contributed by atoms with Crippen LogP contribution in [0.3, 0.4) is 0 Å². The highest BCUT2D eigenvalue weighted by Gasteiger charge is 2.20. The second-order valence-corrected chi connectivity index (χ2v) is 7.39. The van der Waals surface area contributed by atoms with Crippen molar-refractivity contribution in [3.05, 3.63) is 82.9 Å². The zero-order valence-electron chi connectivity index (χ0n) is 16.5. The highest BCUT2D eigenvalue weighted by Crippen LogP contribution is 2.26. The maximum atomic E-state index is 13.5. The van der Waals surface area contributed by atoms with Crippen LogP contribution < -0.4 is 10.6 Å². The fourth-order valence-corrected chi connectivity index (χ4v) is 3.48. The molecule has 0 radical (unpaired) electrons. The van der Waals surface area contributed by atoms with Crippen molar-refractivity contribution in [1.82, 2.24) is 10.6 Å². The lowest BCUT2D eigenvalue weighted by Gasteiger charge is -2.13. The van der Waals surface area contributed by atoms with E-state index in [0.717, 1.165) is 43.4 Å². The number of amides is 1. The second kappa shape index (κ2) is 9.11. The standard InChI is InChI=1S/C22H20F3N5O/c23-15-8-5-13(6-9-15)19-12-20(30-29-19)27-22(26-16-3-1-2-4-16)28-21(31)14-7-10-17(24)18(25)11-14/h5-12,16,19H,1-4H2,(H2,26,27,28,31). The maximum absolute atomic E-state index is 13.5. The van der Waals surface area contributed by atoms with Crippen LogP contribution >= 0.6 is 0 Å². The van der Waals surface area contributed by atoms with E-state index in [1.165, 1.54) is 18.2 Å². The fourth-order valence-electron chi connectivity index (χ4n) is 3.48. The maximum Gasteiger partial charge on any atom is 0.258 e. The molecule has 0 bridgehead atoms. The minimum atomic E-state index is -1.11. The van der Waals surface area contributed by atoms with Crippen molar-refractivity contribution >= 4 is 11.9 Å². The predicted octanol–water partition coefficient (Wildman–Crippen LogP) is 4.77. The van der Waals surface area contributed by atoms with Gasteiger partial charge in [-0.3, -0.25) is 10.1 Å². The molecule has 6 nitrogen and oxygen atoms in total. The van der Waals surface area contributed by atoms with Crippen molar-refractivity contribution in [1.29, 1.82) is 0 Å². The molecular weight excluding hydrogens is 407 g/mol. The molecule has 9 heteroatoms. The Bertz CT molecular complexity index is 1060. The number of halogens is 3. The molecule has 1 fully saturated rings. The molecule has 1 heterocycles. The normalized spacial score (nSPS) is 18.9. The van der Waals surface area contributed by atoms with E-state index in [1.54, 1.807) is 18.2 Å². The van der Waals surface area contributed by atoms with E-state index < -0.39 is 23.6 Å². The molecule has 0 saturated heterocycles. The zero-order chi connectivity index (χ0) is 21.8.